The first-order chi connectivity index (χ1) is 8.13. The number of amides is 1. The Hall–Kier alpha value is -0.610. The molecule has 0 N–H and O–H groups in total. The highest BCUT2D eigenvalue weighted by molar-refractivity contribution is 5.77. The Morgan fingerprint density at radius 3 is 2.41 bits per heavy atom. The SMILES string of the molecule is CC.COCCN(C)CCC(=O)N1CC(C)C1. The van der Waals surface area contributed by atoms with Crippen molar-refractivity contribution in [3.05, 3.63) is 0 Å². The van der Waals surface area contributed by atoms with E-state index < -0.39 is 0 Å². The van der Waals surface area contributed by atoms with Crippen LogP contribution in [0, 0.1) is 5.92 Å². The van der Waals surface area contributed by atoms with Gasteiger partial charge in [0.25, 0.3) is 0 Å². The number of carbonyl (C=O) groups is 1. The van der Waals surface area contributed by atoms with Gasteiger partial charge in [0.15, 0.2) is 0 Å². The van der Waals surface area contributed by atoms with Crippen LogP contribution in [0.4, 0.5) is 0 Å². The molecule has 1 aliphatic rings. The number of carbonyl (C=O) groups excluding carboxylic acids is 1. The third-order valence-corrected chi connectivity index (χ3v) is 2.80. The number of nitrogens with zero attached hydrogens (tertiary/aromatic N) is 2. The first kappa shape index (κ1) is 16.4. The minimum absolute atomic E-state index is 0.289. The zero-order valence-corrected chi connectivity index (χ0v) is 12.0. The van der Waals surface area contributed by atoms with Crippen LogP contribution in [-0.4, -0.2) is 62.7 Å². The Balaban J connectivity index is 0.00000121. The molecule has 1 aliphatic heterocycles. The van der Waals surface area contributed by atoms with Crippen LogP contribution >= 0.6 is 0 Å². The van der Waals surface area contributed by atoms with E-state index in [9.17, 15) is 4.79 Å². The molecule has 17 heavy (non-hydrogen) atoms. The van der Waals surface area contributed by atoms with Crippen molar-refractivity contribution in [2.24, 2.45) is 5.92 Å². The maximum Gasteiger partial charge on any atom is 0.223 e. The topological polar surface area (TPSA) is 32.8 Å². The third-order valence-electron chi connectivity index (χ3n) is 2.80. The van der Waals surface area contributed by atoms with Crippen LogP contribution < -0.4 is 0 Å². The summed E-state index contributed by atoms with van der Waals surface area (Å²) in [5, 5.41) is 0. The second kappa shape index (κ2) is 9.42. The van der Waals surface area contributed by atoms with E-state index in [1.165, 1.54) is 0 Å². The average molecular weight is 244 g/mol. The molecule has 1 fully saturated rings. The van der Waals surface area contributed by atoms with Gasteiger partial charge >= 0.3 is 0 Å². The molecule has 0 aliphatic carbocycles. The summed E-state index contributed by atoms with van der Waals surface area (Å²) in [5.41, 5.74) is 0. The van der Waals surface area contributed by atoms with Gasteiger partial charge in [0, 0.05) is 39.7 Å². The van der Waals surface area contributed by atoms with E-state index in [-0.39, 0.29) is 5.91 Å². The number of ether oxygens (including phenoxy) is 1. The average Bonchev–Trinajstić information content (AvgIpc) is 2.32. The summed E-state index contributed by atoms with van der Waals surface area (Å²) in [5.74, 6) is 0.984. The molecule has 1 heterocycles. The van der Waals surface area contributed by atoms with Gasteiger partial charge in [0.1, 0.15) is 0 Å². The highest BCUT2D eigenvalue weighted by atomic mass is 16.5. The predicted octanol–water partition coefficient (Wildman–Crippen LogP) is 1.46. The van der Waals surface area contributed by atoms with Gasteiger partial charge < -0.3 is 14.5 Å². The molecule has 1 saturated heterocycles. The summed E-state index contributed by atoms with van der Waals surface area (Å²) < 4.78 is 4.98. The molecule has 0 aromatic heterocycles. The molecular formula is C13H28N2O2. The lowest BCUT2D eigenvalue weighted by Crippen LogP contribution is -2.49. The van der Waals surface area contributed by atoms with Gasteiger partial charge in [-0.05, 0) is 13.0 Å². The number of rotatable bonds is 6. The summed E-state index contributed by atoms with van der Waals surface area (Å²) >= 11 is 0. The minimum Gasteiger partial charge on any atom is -0.383 e. The number of likely N-dealkylation sites (N-methyl/N-ethyl adjacent to an activating group) is 1. The van der Waals surface area contributed by atoms with Crippen LogP contribution in [0.15, 0.2) is 0 Å². The van der Waals surface area contributed by atoms with Gasteiger partial charge in [-0.2, -0.15) is 0 Å². The van der Waals surface area contributed by atoms with Crippen molar-refractivity contribution in [2.75, 3.05) is 46.9 Å². The zero-order valence-electron chi connectivity index (χ0n) is 12.0. The Bertz CT molecular complexity index is 204. The first-order valence-corrected chi connectivity index (χ1v) is 6.58. The van der Waals surface area contributed by atoms with Crippen molar-refractivity contribution >= 4 is 5.91 Å². The van der Waals surface area contributed by atoms with Crippen molar-refractivity contribution in [1.82, 2.24) is 9.80 Å². The Morgan fingerprint density at radius 1 is 1.35 bits per heavy atom. The molecule has 0 unspecified atom stereocenters. The number of methoxy groups -OCH3 is 1. The fraction of sp³-hybridized carbons (Fsp3) is 0.923. The quantitative estimate of drug-likeness (QED) is 0.709. The van der Waals surface area contributed by atoms with Gasteiger partial charge in [-0.15, -0.1) is 0 Å². The van der Waals surface area contributed by atoms with E-state index in [1.807, 2.05) is 25.8 Å². The largest absolute Gasteiger partial charge is 0.383 e. The molecule has 0 spiro atoms. The van der Waals surface area contributed by atoms with Gasteiger partial charge in [0.2, 0.25) is 5.91 Å². The summed E-state index contributed by atoms with van der Waals surface area (Å²) in [6, 6.07) is 0. The van der Waals surface area contributed by atoms with Crippen molar-refractivity contribution in [2.45, 2.75) is 27.2 Å². The highest BCUT2D eigenvalue weighted by Crippen LogP contribution is 2.14. The van der Waals surface area contributed by atoms with Crippen molar-refractivity contribution in [1.29, 1.82) is 0 Å². The molecule has 0 aromatic rings. The number of likely N-dealkylation sites (tertiary alicyclic amines) is 1. The monoisotopic (exact) mass is 244 g/mol. The summed E-state index contributed by atoms with van der Waals surface area (Å²) in [6.07, 6.45) is 0.632. The lowest BCUT2D eigenvalue weighted by molar-refractivity contribution is -0.137. The van der Waals surface area contributed by atoms with E-state index in [0.29, 0.717) is 12.3 Å². The molecule has 4 heteroatoms. The number of hydrogen-bond acceptors (Lipinski definition) is 3. The van der Waals surface area contributed by atoms with E-state index in [0.717, 1.165) is 32.8 Å². The highest BCUT2D eigenvalue weighted by Gasteiger charge is 2.26. The van der Waals surface area contributed by atoms with Crippen LogP contribution in [0.3, 0.4) is 0 Å². The van der Waals surface area contributed by atoms with E-state index in [2.05, 4.69) is 11.8 Å². The molecule has 4 nitrogen and oxygen atoms in total. The minimum atomic E-state index is 0.289. The van der Waals surface area contributed by atoms with Gasteiger partial charge in [0.05, 0.1) is 6.61 Å². The van der Waals surface area contributed by atoms with Gasteiger partial charge in [-0.1, -0.05) is 20.8 Å². The van der Waals surface area contributed by atoms with Crippen LogP contribution in [-0.2, 0) is 9.53 Å². The molecule has 1 rings (SSSR count). The molecule has 0 atom stereocenters. The van der Waals surface area contributed by atoms with Crippen LogP contribution in [0.1, 0.15) is 27.2 Å². The van der Waals surface area contributed by atoms with Crippen LogP contribution in [0.25, 0.3) is 0 Å². The summed E-state index contributed by atoms with van der Waals surface area (Å²) in [6.45, 7) is 10.5. The molecule has 0 aromatic carbocycles. The summed E-state index contributed by atoms with van der Waals surface area (Å²) in [4.78, 5) is 15.7. The van der Waals surface area contributed by atoms with E-state index in [1.54, 1.807) is 7.11 Å². The standard InChI is InChI=1S/C11H22N2O2.C2H6/c1-10-8-13(9-10)11(14)4-5-12(2)6-7-15-3;1-2/h10H,4-9H2,1-3H3;1-2H3. The molecule has 0 saturated carbocycles. The molecule has 0 bridgehead atoms. The van der Waals surface area contributed by atoms with Crippen molar-refractivity contribution < 1.29 is 9.53 Å². The fourth-order valence-corrected chi connectivity index (χ4v) is 1.71. The Labute approximate surface area is 106 Å². The normalized spacial score (nSPS) is 15.3. The van der Waals surface area contributed by atoms with E-state index in [4.69, 9.17) is 4.74 Å². The Morgan fingerprint density at radius 2 is 1.94 bits per heavy atom. The third kappa shape index (κ3) is 6.64. The van der Waals surface area contributed by atoms with Crippen molar-refractivity contribution in [3.8, 4) is 0 Å². The zero-order chi connectivity index (χ0) is 13.3. The maximum absolute atomic E-state index is 11.6. The summed E-state index contributed by atoms with van der Waals surface area (Å²) in [7, 11) is 3.71. The van der Waals surface area contributed by atoms with Gasteiger partial charge in [-0.3, -0.25) is 4.79 Å². The fourth-order valence-electron chi connectivity index (χ4n) is 1.71. The lowest BCUT2D eigenvalue weighted by Gasteiger charge is -2.37. The Kier molecular flexibility index (Phi) is 9.09. The first-order valence-electron chi connectivity index (χ1n) is 6.58. The maximum atomic E-state index is 11.6. The van der Waals surface area contributed by atoms with Crippen LogP contribution in [0.2, 0.25) is 0 Å². The van der Waals surface area contributed by atoms with Crippen molar-refractivity contribution in [3.63, 3.8) is 0 Å². The smallest absolute Gasteiger partial charge is 0.223 e. The molecular weight excluding hydrogens is 216 g/mol. The van der Waals surface area contributed by atoms with Gasteiger partial charge in [-0.25, -0.2) is 0 Å². The number of hydrogen-bond donors (Lipinski definition) is 0. The second-order valence-corrected chi connectivity index (χ2v) is 4.45. The lowest BCUT2D eigenvalue weighted by atomic mass is 10.0. The van der Waals surface area contributed by atoms with E-state index >= 15 is 0 Å². The molecule has 1 amide bonds. The van der Waals surface area contributed by atoms with Crippen LogP contribution in [0.5, 0.6) is 0 Å². The molecule has 0 radical (unpaired) electrons. The second-order valence-electron chi connectivity index (χ2n) is 4.45. The predicted molar refractivity (Wildman–Crippen MR) is 71.1 cm³/mol. The molecule has 102 valence electrons.